The third kappa shape index (κ3) is 4.35. The molecule has 0 radical (unpaired) electrons. The summed E-state index contributed by atoms with van der Waals surface area (Å²) in [5.41, 5.74) is 13.5. The first-order valence-corrected chi connectivity index (χ1v) is 14.1. The van der Waals surface area contributed by atoms with E-state index in [0.717, 1.165) is 72.7 Å². The van der Waals surface area contributed by atoms with Crippen LogP contribution in [-0.2, 0) is 16.0 Å². The topological polar surface area (TPSA) is 111 Å². The zero-order valence-electron chi connectivity index (χ0n) is 22.4. The molecule has 4 aromatic rings. The molecule has 7 rings (SSSR count). The summed E-state index contributed by atoms with van der Waals surface area (Å²) in [6.45, 7) is 6.57. The minimum absolute atomic E-state index is 0.0271. The van der Waals surface area contributed by atoms with Gasteiger partial charge in [0.25, 0.3) is 0 Å². The number of nitrogens with zero attached hydrogens (tertiary/aromatic N) is 5. The van der Waals surface area contributed by atoms with Gasteiger partial charge in [0, 0.05) is 43.0 Å². The fourth-order valence-corrected chi connectivity index (χ4v) is 6.23. The highest BCUT2D eigenvalue weighted by Gasteiger charge is 2.29. The van der Waals surface area contributed by atoms with Crippen molar-refractivity contribution in [1.82, 2.24) is 29.7 Å². The minimum Gasteiger partial charge on any atom is -0.383 e. The average Bonchev–Trinajstić information content (AvgIpc) is 3.53. The quantitative estimate of drug-likeness (QED) is 0.360. The molecule has 1 aromatic carbocycles. The number of likely N-dealkylation sites (tertiary alicyclic amines) is 1. The van der Waals surface area contributed by atoms with E-state index in [1.54, 1.807) is 6.20 Å². The lowest BCUT2D eigenvalue weighted by Crippen LogP contribution is -2.45. The van der Waals surface area contributed by atoms with Crippen LogP contribution in [0, 0.1) is 0 Å². The molecular weight excluding hydrogens is 502 g/mol. The van der Waals surface area contributed by atoms with Gasteiger partial charge in [-0.05, 0) is 79.3 Å². The van der Waals surface area contributed by atoms with Crippen molar-refractivity contribution < 1.29 is 9.53 Å². The number of nitrogen functional groups attached to an aromatic ring is 1. The number of carbonyl (C=O) groups is 1. The van der Waals surface area contributed by atoms with E-state index >= 15 is 0 Å². The number of rotatable bonds is 6. The third-order valence-electron chi connectivity index (χ3n) is 8.54. The highest BCUT2D eigenvalue weighted by molar-refractivity contribution is 5.87. The van der Waals surface area contributed by atoms with Gasteiger partial charge < -0.3 is 20.7 Å². The van der Waals surface area contributed by atoms with Crippen molar-refractivity contribution in [3.8, 4) is 17.1 Å². The van der Waals surface area contributed by atoms with Crippen LogP contribution in [-0.4, -0.2) is 62.7 Å². The van der Waals surface area contributed by atoms with Crippen molar-refractivity contribution in [3.05, 3.63) is 78.1 Å². The Labute approximate surface area is 233 Å². The number of aromatic nitrogens is 4. The maximum atomic E-state index is 12.0. The molecule has 3 aliphatic rings. The van der Waals surface area contributed by atoms with Gasteiger partial charge in [0.2, 0.25) is 5.91 Å². The zero-order chi connectivity index (χ0) is 27.2. The molecule has 3 N–H and O–H groups in total. The molecule has 2 aliphatic heterocycles. The van der Waals surface area contributed by atoms with Crippen LogP contribution in [0.2, 0.25) is 0 Å². The number of hydrogen-bond acceptors (Lipinski definition) is 7. The lowest BCUT2D eigenvalue weighted by atomic mass is 10.0. The van der Waals surface area contributed by atoms with E-state index in [1.165, 1.54) is 17.2 Å². The summed E-state index contributed by atoms with van der Waals surface area (Å²) in [6.07, 6.45) is 7.09. The Balaban J connectivity index is 1.22. The molecule has 5 heterocycles. The van der Waals surface area contributed by atoms with E-state index in [4.69, 9.17) is 20.4 Å². The van der Waals surface area contributed by atoms with Crippen LogP contribution in [0.3, 0.4) is 0 Å². The lowest BCUT2D eigenvalue weighted by Gasteiger charge is -2.33. The zero-order valence-corrected chi connectivity index (χ0v) is 22.4. The van der Waals surface area contributed by atoms with Crippen LogP contribution < -0.4 is 11.1 Å². The molecule has 2 saturated heterocycles. The van der Waals surface area contributed by atoms with E-state index in [1.807, 2.05) is 23.1 Å². The molecule has 0 saturated carbocycles. The van der Waals surface area contributed by atoms with Crippen molar-refractivity contribution in [2.75, 3.05) is 32.0 Å². The molecule has 0 bridgehead atoms. The number of hydrogen-bond donors (Lipinski definition) is 2. The summed E-state index contributed by atoms with van der Waals surface area (Å²) in [5.74, 6) is 1.52. The summed E-state index contributed by atoms with van der Waals surface area (Å²) in [7, 11) is 0. The highest BCUT2D eigenvalue weighted by atomic mass is 16.5. The second kappa shape index (κ2) is 10.1. The van der Waals surface area contributed by atoms with E-state index in [2.05, 4.69) is 45.7 Å². The van der Waals surface area contributed by atoms with Crippen LogP contribution in [0.15, 0.2) is 61.3 Å². The van der Waals surface area contributed by atoms with Crippen LogP contribution in [0.4, 0.5) is 5.82 Å². The normalized spacial score (nSPS) is 19.5. The molecule has 0 unspecified atom stereocenters. The Bertz CT molecular complexity index is 1600. The minimum atomic E-state index is 0.0271. The number of anilines is 1. The Kier molecular flexibility index (Phi) is 6.32. The molecule has 204 valence electrons. The Morgan fingerprint density at radius 1 is 1.10 bits per heavy atom. The molecule has 40 heavy (non-hydrogen) atoms. The second-order valence-corrected chi connectivity index (χ2v) is 11.0. The van der Waals surface area contributed by atoms with E-state index < -0.39 is 0 Å². The number of nitrogens with one attached hydrogen (secondary N) is 1. The summed E-state index contributed by atoms with van der Waals surface area (Å²) < 4.78 is 7.55. The number of imidazole rings is 1. The van der Waals surface area contributed by atoms with Gasteiger partial charge in [-0.1, -0.05) is 12.6 Å². The fraction of sp³-hybridized carbons (Fsp3) is 0.355. The predicted molar refractivity (Wildman–Crippen MR) is 154 cm³/mol. The number of piperidine rings is 1. The first kappa shape index (κ1) is 24.9. The molecular formula is C31H33N7O2. The molecule has 0 spiro atoms. The summed E-state index contributed by atoms with van der Waals surface area (Å²) in [4.78, 5) is 28.2. The number of pyridine rings is 2. The van der Waals surface area contributed by atoms with Crippen molar-refractivity contribution in [2.45, 2.75) is 43.7 Å². The molecule has 9 nitrogen and oxygen atoms in total. The summed E-state index contributed by atoms with van der Waals surface area (Å²) >= 11 is 0. The highest BCUT2D eigenvalue weighted by Crippen LogP contribution is 2.37. The maximum Gasteiger partial charge on any atom is 0.245 e. The van der Waals surface area contributed by atoms with Crippen molar-refractivity contribution >= 4 is 22.9 Å². The number of amides is 1. The van der Waals surface area contributed by atoms with Crippen LogP contribution in [0.5, 0.6) is 0 Å². The van der Waals surface area contributed by atoms with E-state index in [-0.39, 0.29) is 5.91 Å². The SMILES string of the molecule is C=CC(=O)N1CCC(N[C@H]2CCc3cc(-n4c(-c5cccnc5N)nc5ccc(C6COC6)nc54)ccc32)CC1. The smallest absolute Gasteiger partial charge is 0.245 e. The van der Waals surface area contributed by atoms with Gasteiger partial charge in [0.15, 0.2) is 11.5 Å². The Morgan fingerprint density at radius 2 is 1.95 bits per heavy atom. The number of carbonyl (C=O) groups excluding carboxylic acids is 1. The lowest BCUT2D eigenvalue weighted by molar-refractivity contribution is -0.127. The first-order chi connectivity index (χ1) is 19.6. The van der Waals surface area contributed by atoms with Gasteiger partial charge in [0.1, 0.15) is 11.3 Å². The van der Waals surface area contributed by atoms with Crippen LogP contribution >= 0.6 is 0 Å². The standard InChI is InChI=1S/C31H33N7O2/c1-2-28(39)37-14-11-21(12-15-37)34-26-8-5-19-16-22(6-7-23(19)26)38-30(24-4-3-13-33-29(24)32)36-27-10-9-25(35-31(27)38)20-17-40-18-20/h2-4,6-7,9-10,13,16,20-21,26,34H,1,5,8,11-12,14-15,17-18H2,(H2,32,33)/t26-/m0/s1. The number of aryl methyl sites for hydroxylation is 1. The Morgan fingerprint density at radius 3 is 2.70 bits per heavy atom. The second-order valence-electron chi connectivity index (χ2n) is 11.0. The predicted octanol–water partition coefficient (Wildman–Crippen LogP) is 3.93. The Hall–Kier alpha value is -4.08. The molecule has 3 aromatic heterocycles. The van der Waals surface area contributed by atoms with Crippen molar-refractivity contribution in [3.63, 3.8) is 0 Å². The molecule has 2 fully saturated rings. The largest absolute Gasteiger partial charge is 0.383 e. The molecule has 1 amide bonds. The van der Waals surface area contributed by atoms with Crippen LogP contribution in [0.1, 0.15) is 48.0 Å². The van der Waals surface area contributed by atoms with E-state index in [9.17, 15) is 4.79 Å². The maximum absolute atomic E-state index is 12.0. The molecule has 1 aliphatic carbocycles. The monoisotopic (exact) mass is 535 g/mol. The van der Waals surface area contributed by atoms with Gasteiger partial charge >= 0.3 is 0 Å². The fourth-order valence-electron chi connectivity index (χ4n) is 6.23. The average molecular weight is 536 g/mol. The molecule has 9 heteroatoms. The number of benzene rings is 1. The number of fused-ring (bicyclic) bond motifs is 2. The van der Waals surface area contributed by atoms with Gasteiger partial charge in [0.05, 0.1) is 24.5 Å². The summed E-state index contributed by atoms with van der Waals surface area (Å²) in [5, 5.41) is 3.88. The van der Waals surface area contributed by atoms with Gasteiger partial charge in [-0.25, -0.2) is 15.0 Å². The number of ether oxygens (including phenoxy) is 1. The van der Waals surface area contributed by atoms with Crippen LogP contribution in [0.25, 0.3) is 28.2 Å². The van der Waals surface area contributed by atoms with Gasteiger partial charge in [-0.15, -0.1) is 0 Å². The van der Waals surface area contributed by atoms with Gasteiger partial charge in [-0.3, -0.25) is 9.36 Å². The number of nitrogens with two attached hydrogens (primary N) is 1. The summed E-state index contributed by atoms with van der Waals surface area (Å²) in [6, 6.07) is 15.4. The third-order valence-corrected chi connectivity index (χ3v) is 8.54. The molecule has 1 atom stereocenters. The van der Waals surface area contributed by atoms with E-state index in [0.29, 0.717) is 37.0 Å². The van der Waals surface area contributed by atoms with Crippen molar-refractivity contribution in [2.24, 2.45) is 0 Å². The first-order valence-electron chi connectivity index (χ1n) is 14.1. The van der Waals surface area contributed by atoms with Crippen molar-refractivity contribution in [1.29, 1.82) is 0 Å². The van der Waals surface area contributed by atoms with Gasteiger partial charge in [-0.2, -0.15) is 0 Å².